The Kier molecular flexibility index (Phi) is 6.53. The van der Waals surface area contributed by atoms with Crippen molar-refractivity contribution in [2.45, 2.75) is 46.1 Å². The third-order valence-electron chi connectivity index (χ3n) is 4.66. The lowest BCUT2D eigenvalue weighted by molar-refractivity contribution is -0.122. The van der Waals surface area contributed by atoms with E-state index in [0.717, 1.165) is 12.0 Å². The SMILES string of the molecule is CCc1ccc([C@H](NC(=O)CCc2nc(-c3ccccn3)no2)C(C)C)cc1. The second kappa shape index (κ2) is 9.26. The summed E-state index contributed by atoms with van der Waals surface area (Å²) < 4.78 is 5.25. The Hall–Kier alpha value is -3.02. The summed E-state index contributed by atoms with van der Waals surface area (Å²) in [5.74, 6) is 1.13. The van der Waals surface area contributed by atoms with Gasteiger partial charge in [-0.1, -0.05) is 56.3 Å². The largest absolute Gasteiger partial charge is 0.349 e. The summed E-state index contributed by atoms with van der Waals surface area (Å²) in [6, 6.07) is 13.9. The van der Waals surface area contributed by atoms with E-state index in [2.05, 4.69) is 65.5 Å². The van der Waals surface area contributed by atoms with Gasteiger partial charge < -0.3 is 9.84 Å². The Morgan fingerprint density at radius 1 is 1.14 bits per heavy atom. The van der Waals surface area contributed by atoms with Gasteiger partial charge in [0.25, 0.3) is 0 Å². The average molecular weight is 378 g/mol. The summed E-state index contributed by atoms with van der Waals surface area (Å²) in [5.41, 5.74) is 3.06. The number of hydrogen-bond donors (Lipinski definition) is 1. The lowest BCUT2D eigenvalue weighted by Crippen LogP contribution is -2.31. The maximum absolute atomic E-state index is 12.5. The molecule has 0 saturated heterocycles. The maximum atomic E-state index is 12.5. The van der Waals surface area contributed by atoms with Crippen LogP contribution in [0.4, 0.5) is 0 Å². The molecule has 0 spiro atoms. The molecule has 0 radical (unpaired) electrons. The highest BCUT2D eigenvalue weighted by Crippen LogP contribution is 2.22. The smallest absolute Gasteiger partial charge is 0.227 e. The first-order valence-corrected chi connectivity index (χ1v) is 9.69. The fourth-order valence-corrected chi connectivity index (χ4v) is 3.02. The molecule has 1 amide bonds. The van der Waals surface area contributed by atoms with Crippen LogP contribution in [0.2, 0.25) is 0 Å². The summed E-state index contributed by atoms with van der Waals surface area (Å²) >= 11 is 0. The molecule has 3 aromatic rings. The minimum Gasteiger partial charge on any atom is -0.349 e. The maximum Gasteiger partial charge on any atom is 0.227 e. The van der Waals surface area contributed by atoms with Crippen LogP contribution in [0.15, 0.2) is 53.2 Å². The lowest BCUT2D eigenvalue weighted by atomic mass is 9.94. The first-order chi connectivity index (χ1) is 13.6. The molecule has 0 unspecified atom stereocenters. The van der Waals surface area contributed by atoms with E-state index in [4.69, 9.17) is 4.52 Å². The van der Waals surface area contributed by atoms with Crippen molar-refractivity contribution in [2.75, 3.05) is 0 Å². The quantitative estimate of drug-likeness (QED) is 0.637. The van der Waals surface area contributed by atoms with Gasteiger partial charge in [-0.2, -0.15) is 4.98 Å². The van der Waals surface area contributed by atoms with Crippen molar-refractivity contribution in [3.63, 3.8) is 0 Å². The van der Waals surface area contributed by atoms with Crippen LogP contribution < -0.4 is 5.32 Å². The van der Waals surface area contributed by atoms with Crippen LogP contribution in [-0.2, 0) is 17.6 Å². The molecule has 2 heterocycles. The highest BCUT2D eigenvalue weighted by Gasteiger charge is 2.19. The van der Waals surface area contributed by atoms with Gasteiger partial charge in [-0.25, -0.2) is 0 Å². The van der Waals surface area contributed by atoms with Crippen molar-refractivity contribution >= 4 is 5.91 Å². The highest BCUT2D eigenvalue weighted by atomic mass is 16.5. The molecule has 6 nitrogen and oxygen atoms in total. The van der Waals surface area contributed by atoms with Gasteiger partial charge in [-0.3, -0.25) is 9.78 Å². The van der Waals surface area contributed by atoms with E-state index in [9.17, 15) is 4.79 Å². The number of pyridine rings is 1. The van der Waals surface area contributed by atoms with Gasteiger partial charge in [-0.15, -0.1) is 0 Å². The molecule has 28 heavy (non-hydrogen) atoms. The Morgan fingerprint density at radius 3 is 2.57 bits per heavy atom. The zero-order valence-electron chi connectivity index (χ0n) is 16.6. The molecule has 1 N–H and O–H groups in total. The minimum absolute atomic E-state index is 0.0230. The number of nitrogens with one attached hydrogen (secondary N) is 1. The van der Waals surface area contributed by atoms with Crippen LogP contribution in [0.5, 0.6) is 0 Å². The van der Waals surface area contributed by atoms with Crippen molar-refractivity contribution in [1.29, 1.82) is 0 Å². The van der Waals surface area contributed by atoms with E-state index in [-0.39, 0.29) is 17.9 Å². The molecule has 0 saturated carbocycles. The van der Waals surface area contributed by atoms with E-state index in [1.807, 2.05) is 18.2 Å². The molecule has 146 valence electrons. The standard InChI is InChI=1S/C22H26N4O2/c1-4-16-8-10-17(11-9-16)21(15(2)3)24-19(27)12-13-20-25-22(26-28-20)18-7-5-6-14-23-18/h5-11,14-15,21H,4,12-13H2,1-3H3,(H,24,27)/t21-/m1/s1. The molecule has 0 fully saturated rings. The fraction of sp³-hybridized carbons (Fsp3) is 0.364. The van der Waals surface area contributed by atoms with Gasteiger partial charge >= 0.3 is 0 Å². The van der Waals surface area contributed by atoms with Gasteiger partial charge in [0.15, 0.2) is 0 Å². The van der Waals surface area contributed by atoms with E-state index in [0.29, 0.717) is 30.3 Å². The number of nitrogens with zero attached hydrogens (tertiary/aromatic N) is 3. The van der Waals surface area contributed by atoms with Crippen molar-refractivity contribution < 1.29 is 9.32 Å². The molecular formula is C22H26N4O2. The third kappa shape index (κ3) is 5.03. The van der Waals surface area contributed by atoms with Gasteiger partial charge in [0.1, 0.15) is 5.69 Å². The fourth-order valence-electron chi connectivity index (χ4n) is 3.02. The normalized spacial score (nSPS) is 12.1. The molecule has 2 aromatic heterocycles. The molecule has 1 aromatic carbocycles. The second-order valence-corrected chi connectivity index (χ2v) is 7.11. The van der Waals surface area contributed by atoms with Crippen LogP contribution in [0.3, 0.4) is 0 Å². The van der Waals surface area contributed by atoms with Crippen LogP contribution >= 0.6 is 0 Å². The van der Waals surface area contributed by atoms with E-state index in [1.54, 1.807) is 6.20 Å². The van der Waals surface area contributed by atoms with Crippen LogP contribution in [-0.4, -0.2) is 21.0 Å². The lowest BCUT2D eigenvalue weighted by Gasteiger charge is -2.23. The summed E-state index contributed by atoms with van der Waals surface area (Å²) in [6.45, 7) is 6.35. The summed E-state index contributed by atoms with van der Waals surface area (Å²) in [4.78, 5) is 21.0. The predicted molar refractivity (Wildman–Crippen MR) is 107 cm³/mol. The molecule has 0 bridgehead atoms. The van der Waals surface area contributed by atoms with Gasteiger partial charge in [0.2, 0.25) is 17.6 Å². The first kappa shape index (κ1) is 19.7. The van der Waals surface area contributed by atoms with Crippen molar-refractivity contribution in [1.82, 2.24) is 20.4 Å². The number of aromatic nitrogens is 3. The number of carbonyl (C=O) groups is 1. The Balaban J connectivity index is 1.58. The second-order valence-electron chi connectivity index (χ2n) is 7.11. The summed E-state index contributed by atoms with van der Waals surface area (Å²) in [7, 11) is 0. The molecule has 6 heteroatoms. The molecule has 1 atom stereocenters. The Morgan fingerprint density at radius 2 is 1.93 bits per heavy atom. The monoisotopic (exact) mass is 378 g/mol. The highest BCUT2D eigenvalue weighted by molar-refractivity contribution is 5.76. The minimum atomic E-state index is -0.0316. The number of hydrogen-bond acceptors (Lipinski definition) is 5. The molecule has 0 aliphatic carbocycles. The van der Waals surface area contributed by atoms with Crippen LogP contribution in [0.25, 0.3) is 11.5 Å². The Bertz CT molecular complexity index is 888. The van der Waals surface area contributed by atoms with E-state index in [1.165, 1.54) is 5.56 Å². The van der Waals surface area contributed by atoms with Gasteiger partial charge in [-0.05, 0) is 35.6 Å². The zero-order chi connectivity index (χ0) is 19.9. The van der Waals surface area contributed by atoms with E-state index < -0.39 is 0 Å². The van der Waals surface area contributed by atoms with Crippen molar-refractivity contribution in [3.8, 4) is 11.5 Å². The van der Waals surface area contributed by atoms with Crippen molar-refractivity contribution in [2.24, 2.45) is 5.92 Å². The number of carbonyl (C=O) groups excluding carboxylic acids is 1. The number of aryl methyl sites for hydroxylation is 2. The van der Waals surface area contributed by atoms with E-state index >= 15 is 0 Å². The number of rotatable bonds is 8. The van der Waals surface area contributed by atoms with Gasteiger partial charge in [0.05, 0.1) is 6.04 Å². The van der Waals surface area contributed by atoms with Crippen LogP contribution in [0, 0.1) is 5.92 Å². The van der Waals surface area contributed by atoms with Crippen LogP contribution in [0.1, 0.15) is 50.3 Å². The molecular weight excluding hydrogens is 352 g/mol. The summed E-state index contributed by atoms with van der Waals surface area (Å²) in [5, 5.41) is 7.07. The number of benzene rings is 1. The average Bonchev–Trinajstić information content (AvgIpc) is 3.20. The molecule has 0 aliphatic heterocycles. The first-order valence-electron chi connectivity index (χ1n) is 9.69. The third-order valence-corrected chi connectivity index (χ3v) is 4.66. The zero-order valence-corrected chi connectivity index (χ0v) is 16.6. The number of amides is 1. The van der Waals surface area contributed by atoms with Crippen molar-refractivity contribution in [3.05, 3.63) is 65.7 Å². The summed E-state index contributed by atoms with van der Waals surface area (Å²) in [6.07, 6.45) is 3.37. The van der Waals surface area contributed by atoms with Gasteiger partial charge in [0, 0.05) is 19.0 Å². The molecule has 0 aliphatic rings. The Labute approximate surface area is 165 Å². The predicted octanol–water partition coefficient (Wildman–Crippen LogP) is 4.14. The topological polar surface area (TPSA) is 80.9 Å². The molecule has 3 rings (SSSR count).